The molecule has 1 aliphatic heterocycles. The van der Waals surface area contributed by atoms with E-state index in [0.717, 1.165) is 34.3 Å². The van der Waals surface area contributed by atoms with E-state index in [4.69, 9.17) is 4.74 Å². The number of halogens is 2. The SMILES string of the molecule is COC1CN(c2ncc(Br)cc2Br)CCC1C. The van der Waals surface area contributed by atoms with E-state index >= 15 is 0 Å². The summed E-state index contributed by atoms with van der Waals surface area (Å²) in [7, 11) is 1.79. The third-order valence-electron chi connectivity index (χ3n) is 3.28. The minimum Gasteiger partial charge on any atom is -0.379 e. The summed E-state index contributed by atoms with van der Waals surface area (Å²) in [5.41, 5.74) is 0. The molecule has 5 heteroatoms. The molecular weight excluding hydrogens is 348 g/mol. The molecule has 2 atom stereocenters. The summed E-state index contributed by atoms with van der Waals surface area (Å²) >= 11 is 6.98. The molecule has 0 aromatic carbocycles. The normalized spacial score (nSPS) is 25.1. The first kappa shape index (κ1) is 13.3. The lowest BCUT2D eigenvalue weighted by Crippen LogP contribution is -2.44. The minimum absolute atomic E-state index is 0.293. The van der Waals surface area contributed by atoms with Crippen molar-refractivity contribution >= 4 is 37.7 Å². The number of pyridine rings is 1. The van der Waals surface area contributed by atoms with E-state index in [1.807, 2.05) is 12.3 Å². The van der Waals surface area contributed by atoms with Crippen molar-refractivity contribution in [2.24, 2.45) is 5.92 Å². The Kier molecular flexibility index (Phi) is 4.44. The summed E-state index contributed by atoms with van der Waals surface area (Å²) in [6, 6.07) is 2.03. The Morgan fingerprint density at radius 2 is 2.24 bits per heavy atom. The third-order valence-corrected chi connectivity index (χ3v) is 4.30. The zero-order chi connectivity index (χ0) is 12.4. The fourth-order valence-corrected chi connectivity index (χ4v) is 3.41. The van der Waals surface area contributed by atoms with E-state index in [-0.39, 0.29) is 0 Å². The molecule has 0 spiro atoms. The van der Waals surface area contributed by atoms with Crippen molar-refractivity contribution < 1.29 is 4.74 Å². The zero-order valence-electron chi connectivity index (χ0n) is 9.99. The maximum absolute atomic E-state index is 5.52. The smallest absolute Gasteiger partial charge is 0.143 e. The zero-order valence-corrected chi connectivity index (χ0v) is 13.2. The van der Waals surface area contributed by atoms with Crippen LogP contribution in [0.2, 0.25) is 0 Å². The van der Waals surface area contributed by atoms with Crippen LogP contribution in [0.3, 0.4) is 0 Å². The van der Waals surface area contributed by atoms with Crippen molar-refractivity contribution in [3.63, 3.8) is 0 Å². The lowest BCUT2D eigenvalue weighted by Gasteiger charge is -2.37. The van der Waals surface area contributed by atoms with Gasteiger partial charge in [0.2, 0.25) is 0 Å². The average Bonchev–Trinajstić information content (AvgIpc) is 2.30. The molecule has 0 saturated carbocycles. The van der Waals surface area contributed by atoms with Crippen molar-refractivity contribution in [1.82, 2.24) is 4.98 Å². The van der Waals surface area contributed by atoms with Crippen molar-refractivity contribution in [3.8, 4) is 0 Å². The molecule has 94 valence electrons. The lowest BCUT2D eigenvalue weighted by atomic mass is 9.96. The molecule has 0 N–H and O–H groups in total. The van der Waals surface area contributed by atoms with E-state index in [1.165, 1.54) is 0 Å². The fraction of sp³-hybridized carbons (Fsp3) is 0.583. The summed E-state index contributed by atoms with van der Waals surface area (Å²) in [4.78, 5) is 6.75. The van der Waals surface area contributed by atoms with Crippen LogP contribution in [0, 0.1) is 5.92 Å². The lowest BCUT2D eigenvalue weighted by molar-refractivity contribution is 0.0496. The molecule has 0 amide bonds. The molecular formula is C12H16Br2N2O. The monoisotopic (exact) mass is 362 g/mol. The number of hydrogen-bond donors (Lipinski definition) is 0. The number of hydrogen-bond acceptors (Lipinski definition) is 3. The van der Waals surface area contributed by atoms with Crippen LogP contribution in [0.15, 0.2) is 21.2 Å². The van der Waals surface area contributed by atoms with Gasteiger partial charge in [-0.25, -0.2) is 4.98 Å². The van der Waals surface area contributed by atoms with Crippen LogP contribution < -0.4 is 4.90 Å². The van der Waals surface area contributed by atoms with Gasteiger partial charge in [0.15, 0.2) is 0 Å². The third kappa shape index (κ3) is 3.01. The predicted molar refractivity (Wildman–Crippen MR) is 76.4 cm³/mol. The molecule has 0 radical (unpaired) electrons. The molecule has 1 saturated heterocycles. The van der Waals surface area contributed by atoms with Crippen molar-refractivity contribution in [1.29, 1.82) is 0 Å². The summed E-state index contributed by atoms with van der Waals surface area (Å²) in [5.74, 6) is 1.62. The second kappa shape index (κ2) is 5.67. The van der Waals surface area contributed by atoms with E-state index in [0.29, 0.717) is 12.0 Å². The second-order valence-corrected chi connectivity index (χ2v) is 6.22. The number of rotatable bonds is 2. The molecule has 2 rings (SSSR count). The Hall–Kier alpha value is -0.130. The Bertz CT molecular complexity index is 400. The first-order valence-electron chi connectivity index (χ1n) is 5.70. The molecule has 1 aromatic rings. The number of anilines is 1. The highest BCUT2D eigenvalue weighted by Crippen LogP contribution is 2.30. The molecule has 1 fully saturated rings. The predicted octanol–water partition coefficient (Wildman–Crippen LogP) is 3.47. The molecule has 3 nitrogen and oxygen atoms in total. The first-order valence-corrected chi connectivity index (χ1v) is 7.29. The number of nitrogens with zero attached hydrogens (tertiary/aromatic N) is 2. The van der Waals surface area contributed by atoms with Crippen LogP contribution >= 0.6 is 31.9 Å². The quantitative estimate of drug-likeness (QED) is 0.804. The highest BCUT2D eigenvalue weighted by molar-refractivity contribution is 9.11. The van der Waals surface area contributed by atoms with Gasteiger partial charge in [0.05, 0.1) is 10.6 Å². The number of aromatic nitrogens is 1. The molecule has 17 heavy (non-hydrogen) atoms. The van der Waals surface area contributed by atoms with Gasteiger partial charge >= 0.3 is 0 Å². The summed E-state index contributed by atoms with van der Waals surface area (Å²) < 4.78 is 7.54. The van der Waals surface area contributed by atoms with E-state index in [1.54, 1.807) is 7.11 Å². The van der Waals surface area contributed by atoms with Gasteiger partial charge in [0, 0.05) is 30.9 Å². The largest absolute Gasteiger partial charge is 0.379 e. The van der Waals surface area contributed by atoms with Gasteiger partial charge in [-0.15, -0.1) is 0 Å². The van der Waals surface area contributed by atoms with Crippen molar-refractivity contribution in [3.05, 3.63) is 21.2 Å². The topological polar surface area (TPSA) is 25.4 Å². The van der Waals surface area contributed by atoms with Gasteiger partial charge in [-0.1, -0.05) is 6.92 Å². The Labute approximate surface area is 119 Å². The van der Waals surface area contributed by atoms with E-state index in [9.17, 15) is 0 Å². The summed E-state index contributed by atoms with van der Waals surface area (Å²) in [5, 5.41) is 0. The van der Waals surface area contributed by atoms with Gasteiger partial charge in [-0.3, -0.25) is 0 Å². The van der Waals surface area contributed by atoms with Crippen LogP contribution in [-0.2, 0) is 4.74 Å². The molecule has 0 bridgehead atoms. The van der Waals surface area contributed by atoms with Gasteiger partial charge in [0.1, 0.15) is 5.82 Å². The van der Waals surface area contributed by atoms with Crippen molar-refractivity contribution in [2.45, 2.75) is 19.4 Å². The molecule has 1 aromatic heterocycles. The number of piperidine rings is 1. The average molecular weight is 364 g/mol. The highest BCUT2D eigenvalue weighted by Gasteiger charge is 2.27. The van der Waals surface area contributed by atoms with Gasteiger partial charge in [0.25, 0.3) is 0 Å². The molecule has 2 unspecified atom stereocenters. The Morgan fingerprint density at radius 3 is 2.88 bits per heavy atom. The second-order valence-electron chi connectivity index (χ2n) is 4.45. The van der Waals surface area contributed by atoms with Gasteiger partial charge in [-0.05, 0) is 50.3 Å². The van der Waals surface area contributed by atoms with E-state index < -0.39 is 0 Å². The summed E-state index contributed by atoms with van der Waals surface area (Å²) in [6.07, 6.45) is 3.27. The maximum atomic E-state index is 5.52. The first-order chi connectivity index (χ1) is 8.11. The summed E-state index contributed by atoms with van der Waals surface area (Å²) in [6.45, 7) is 4.19. The van der Waals surface area contributed by atoms with Gasteiger partial charge < -0.3 is 9.64 Å². The maximum Gasteiger partial charge on any atom is 0.143 e. The van der Waals surface area contributed by atoms with Crippen LogP contribution in [-0.4, -0.2) is 31.3 Å². The van der Waals surface area contributed by atoms with Gasteiger partial charge in [-0.2, -0.15) is 0 Å². The Balaban J connectivity index is 2.17. The molecule has 1 aliphatic rings. The Morgan fingerprint density at radius 1 is 1.47 bits per heavy atom. The van der Waals surface area contributed by atoms with Crippen LogP contribution in [0.4, 0.5) is 5.82 Å². The molecule has 0 aliphatic carbocycles. The van der Waals surface area contributed by atoms with Crippen LogP contribution in [0.1, 0.15) is 13.3 Å². The highest BCUT2D eigenvalue weighted by atomic mass is 79.9. The fourth-order valence-electron chi connectivity index (χ4n) is 2.17. The number of ether oxygens (including phenoxy) is 1. The van der Waals surface area contributed by atoms with Crippen LogP contribution in [0.25, 0.3) is 0 Å². The van der Waals surface area contributed by atoms with Crippen LogP contribution in [0.5, 0.6) is 0 Å². The standard InChI is InChI=1S/C12H16Br2N2O/c1-8-3-4-16(7-11(8)17-2)12-10(14)5-9(13)6-15-12/h5-6,8,11H,3-4,7H2,1-2H3. The number of methoxy groups -OCH3 is 1. The molecule has 2 heterocycles. The van der Waals surface area contributed by atoms with E-state index in [2.05, 4.69) is 48.7 Å². The van der Waals surface area contributed by atoms with Crippen molar-refractivity contribution in [2.75, 3.05) is 25.1 Å². The minimum atomic E-state index is 0.293.